The summed E-state index contributed by atoms with van der Waals surface area (Å²) < 4.78 is 2.58. The van der Waals surface area contributed by atoms with Gasteiger partial charge >= 0.3 is 0 Å². The van der Waals surface area contributed by atoms with Crippen LogP contribution in [0.2, 0.25) is 0 Å². The van der Waals surface area contributed by atoms with Crippen LogP contribution in [-0.2, 0) is 0 Å². The lowest BCUT2D eigenvalue weighted by atomic mass is 10.3. The minimum absolute atomic E-state index is 0.355. The molecule has 13 heavy (non-hydrogen) atoms. The first-order valence-electron chi connectivity index (χ1n) is 5.14. The number of hydrogen-bond acceptors (Lipinski definition) is 2. The maximum Gasteiger partial charge on any atom is 0.151 e. The van der Waals surface area contributed by atoms with Gasteiger partial charge in [-0.1, -0.05) is 0 Å². The number of hydrogen-bond donors (Lipinski definition) is 1. The Balaban J connectivity index is 4.80. The molecular formula is C10H26N2P+. The van der Waals surface area contributed by atoms with E-state index in [0.29, 0.717) is 5.16 Å². The van der Waals surface area contributed by atoms with Crippen molar-refractivity contribution < 1.29 is 0 Å². The molecule has 0 saturated heterocycles. The Morgan fingerprint density at radius 1 is 1.15 bits per heavy atom. The standard InChI is InChI=1S/C10H26N2P/c1-8-12(9-2)13(7,11-6)10(3,4)5/h11H,8-9H2,1-7H3/q+1. The van der Waals surface area contributed by atoms with Gasteiger partial charge in [0.2, 0.25) is 0 Å². The Morgan fingerprint density at radius 3 is 1.62 bits per heavy atom. The summed E-state index contributed by atoms with van der Waals surface area (Å²) in [6.45, 7) is 16.1. The molecule has 0 heterocycles. The quantitative estimate of drug-likeness (QED) is 0.710. The van der Waals surface area contributed by atoms with E-state index in [4.69, 9.17) is 0 Å². The number of nitrogens with one attached hydrogen (secondary N) is 1. The molecule has 2 nitrogen and oxygen atoms in total. The van der Waals surface area contributed by atoms with Crippen LogP contribution in [0, 0.1) is 0 Å². The predicted octanol–water partition coefficient (Wildman–Crippen LogP) is 2.82. The highest BCUT2D eigenvalue weighted by Crippen LogP contribution is 2.64. The molecule has 1 unspecified atom stereocenters. The number of rotatable bonds is 4. The van der Waals surface area contributed by atoms with E-state index < -0.39 is 7.56 Å². The third-order valence-corrected chi connectivity index (χ3v) is 8.22. The normalized spacial score (nSPS) is 17.5. The highest BCUT2D eigenvalue weighted by Gasteiger charge is 2.48. The van der Waals surface area contributed by atoms with Gasteiger partial charge in [0.15, 0.2) is 7.56 Å². The highest BCUT2D eigenvalue weighted by molar-refractivity contribution is 7.72. The van der Waals surface area contributed by atoms with E-state index in [2.05, 4.69) is 58.1 Å². The molecule has 0 aromatic carbocycles. The molecule has 0 aliphatic rings. The second kappa shape index (κ2) is 4.72. The van der Waals surface area contributed by atoms with Crippen LogP contribution in [0.3, 0.4) is 0 Å². The van der Waals surface area contributed by atoms with Gasteiger partial charge in [0.25, 0.3) is 0 Å². The van der Waals surface area contributed by atoms with Gasteiger partial charge in [-0.2, -0.15) is 9.76 Å². The molecule has 3 heteroatoms. The van der Waals surface area contributed by atoms with Gasteiger partial charge in [0.1, 0.15) is 5.16 Å². The second-order valence-electron chi connectivity index (χ2n) is 4.49. The Labute approximate surface area is 84.5 Å². The van der Waals surface area contributed by atoms with E-state index in [1.807, 2.05) is 0 Å². The van der Waals surface area contributed by atoms with Crippen LogP contribution in [-0.4, -0.2) is 36.6 Å². The lowest BCUT2D eigenvalue weighted by Gasteiger charge is -2.40. The van der Waals surface area contributed by atoms with E-state index in [0.717, 1.165) is 13.1 Å². The number of nitrogens with zero attached hydrogens (tertiary/aromatic N) is 1. The first-order chi connectivity index (χ1) is 5.83. The van der Waals surface area contributed by atoms with Gasteiger partial charge in [0, 0.05) is 20.1 Å². The highest BCUT2D eigenvalue weighted by atomic mass is 31.2. The molecule has 0 spiro atoms. The van der Waals surface area contributed by atoms with Crippen molar-refractivity contribution in [3.8, 4) is 0 Å². The maximum absolute atomic E-state index is 3.56. The van der Waals surface area contributed by atoms with Crippen molar-refractivity contribution in [2.24, 2.45) is 0 Å². The van der Waals surface area contributed by atoms with Gasteiger partial charge in [-0.05, 0) is 34.6 Å². The summed E-state index contributed by atoms with van der Waals surface area (Å²) in [5.74, 6) is 0. The van der Waals surface area contributed by atoms with Crippen molar-refractivity contribution in [3.05, 3.63) is 0 Å². The summed E-state index contributed by atoms with van der Waals surface area (Å²) >= 11 is 0. The first kappa shape index (κ1) is 13.4. The Kier molecular flexibility index (Phi) is 4.85. The third kappa shape index (κ3) is 2.65. The fourth-order valence-corrected chi connectivity index (χ4v) is 4.62. The Morgan fingerprint density at radius 2 is 1.54 bits per heavy atom. The largest absolute Gasteiger partial charge is 0.179 e. The summed E-state index contributed by atoms with van der Waals surface area (Å²) in [5, 5.41) is 3.91. The first-order valence-corrected chi connectivity index (χ1v) is 7.33. The minimum atomic E-state index is -1.16. The molecule has 1 N–H and O–H groups in total. The van der Waals surface area contributed by atoms with E-state index in [1.165, 1.54) is 0 Å². The molecule has 0 bridgehead atoms. The molecular weight excluding hydrogens is 179 g/mol. The van der Waals surface area contributed by atoms with E-state index in [1.54, 1.807) is 0 Å². The predicted molar refractivity (Wildman–Crippen MR) is 64.6 cm³/mol. The molecule has 80 valence electrons. The van der Waals surface area contributed by atoms with Crippen molar-refractivity contribution in [2.45, 2.75) is 39.8 Å². The van der Waals surface area contributed by atoms with Crippen molar-refractivity contribution in [1.29, 1.82) is 0 Å². The maximum atomic E-state index is 3.56. The van der Waals surface area contributed by atoms with Gasteiger partial charge in [-0.25, -0.2) is 0 Å². The summed E-state index contributed by atoms with van der Waals surface area (Å²) in [6.07, 6.45) is 0. The lowest BCUT2D eigenvalue weighted by molar-refractivity contribution is 0.471. The Hall–Kier alpha value is 0.350. The molecule has 0 aromatic rings. The molecule has 0 amide bonds. The van der Waals surface area contributed by atoms with E-state index >= 15 is 0 Å². The molecule has 1 atom stereocenters. The zero-order chi connectivity index (χ0) is 10.7. The third-order valence-electron chi connectivity index (χ3n) is 3.04. The molecule has 0 fully saturated rings. The summed E-state index contributed by atoms with van der Waals surface area (Å²) in [7, 11) is 0.934. The van der Waals surface area contributed by atoms with Crippen LogP contribution in [0.15, 0.2) is 0 Å². The zero-order valence-electron chi connectivity index (χ0n) is 10.3. The van der Waals surface area contributed by atoms with Crippen molar-refractivity contribution in [1.82, 2.24) is 9.76 Å². The van der Waals surface area contributed by atoms with Crippen LogP contribution in [0.4, 0.5) is 0 Å². The minimum Gasteiger partial charge on any atom is -0.179 e. The molecule has 0 saturated carbocycles. The fourth-order valence-electron chi connectivity index (χ4n) is 1.69. The molecule has 0 aliphatic carbocycles. The molecule has 0 aliphatic heterocycles. The van der Waals surface area contributed by atoms with Crippen molar-refractivity contribution in [3.63, 3.8) is 0 Å². The van der Waals surface area contributed by atoms with Crippen LogP contribution in [0.1, 0.15) is 34.6 Å². The average Bonchev–Trinajstić information content (AvgIpc) is 2.04. The van der Waals surface area contributed by atoms with Crippen LogP contribution in [0.25, 0.3) is 0 Å². The van der Waals surface area contributed by atoms with Gasteiger partial charge in [-0.15, -0.1) is 0 Å². The van der Waals surface area contributed by atoms with Crippen molar-refractivity contribution >= 4 is 7.56 Å². The average molecular weight is 205 g/mol. The van der Waals surface area contributed by atoms with E-state index in [9.17, 15) is 0 Å². The fraction of sp³-hybridized carbons (Fsp3) is 1.00. The van der Waals surface area contributed by atoms with Gasteiger partial charge < -0.3 is 0 Å². The summed E-state index contributed by atoms with van der Waals surface area (Å²) in [6, 6.07) is 0. The van der Waals surface area contributed by atoms with Gasteiger partial charge in [-0.3, -0.25) is 0 Å². The van der Waals surface area contributed by atoms with Gasteiger partial charge in [0.05, 0.1) is 6.66 Å². The topological polar surface area (TPSA) is 15.3 Å². The smallest absolute Gasteiger partial charge is 0.151 e. The SMILES string of the molecule is CCN(CC)[P+](C)(NC)C(C)(C)C. The summed E-state index contributed by atoms with van der Waals surface area (Å²) in [5.41, 5.74) is 0. The van der Waals surface area contributed by atoms with Crippen molar-refractivity contribution in [2.75, 3.05) is 26.8 Å². The van der Waals surface area contributed by atoms with Crippen LogP contribution >= 0.6 is 7.56 Å². The molecule has 0 rings (SSSR count). The second-order valence-corrected chi connectivity index (χ2v) is 8.76. The Bertz CT molecular complexity index is 149. The molecule has 0 radical (unpaired) electrons. The van der Waals surface area contributed by atoms with Crippen LogP contribution in [0.5, 0.6) is 0 Å². The zero-order valence-corrected chi connectivity index (χ0v) is 11.2. The van der Waals surface area contributed by atoms with E-state index in [-0.39, 0.29) is 0 Å². The van der Waals surface area contributed by atoms with Crippen LogP contribution < -0.4 is 5.09 Å². The molecule has 0 aromatic heterocycles. The summed E-state index contributed by atoms with van der Waals surface area (Å²) in [4.78, 5) is 0. The monoisotopic (exact) mass is 205 g/mol. The lowest BCUT2D eigenvalue weighted by Crippen LogP contribution is -2.40.